The zero-order chi connectivity index (χ0) is 18.1. The lowest BCUT2D eigenvalue weighted by Gasteiger charge is -2.00. The first-order valence-corrected chi connectivity index (χ1v) is 9.27. The first-order valence-electron chi connectivity index (χ1n) is 8.01. The fourth-order valence-electron chi connectivity index (χ4n) is 2.67. The van der Waals surface area contributed by atoms with E-state index in [1.807, 2.05) is 29.6 Å². The third-order valence-electron chi connectivity index (χ3n) is 3.81. The second-order valence-electron chi connectivity index (χ2n) is 5.58. The molecule has 3 aromatic heterocycles. The van der Waals surface area contributed by atoms with E-state index in [1.165, 1.54) is 11.3 Å². The molecule has 0 N–H and O–H groups in total. The van der Waals surface area contributed by atoms with Gasteiger partial charge in [-0.1, -0.05) is 11.6 Å². The number of aromatic nitrogens is 1. The topological polar surface area (TPSA) is 65.5 Å². The predicted molar refractivity (Wildman–Crippen MR) is 100 cm³/mol. The molecule has 0 amide bonds. The van der Waals surface area contributed by atoms with Crippen molar-refractivity contribution >= 4 is 39.9 Å². The summed E-state index contributed by atoms with van der Waals surface area (Å²) in [5.74, 6) is 0.630. The summed E-state index contributed by atoms with van der Waals surface area (Å²) in [7, 11) is 0. The van der Waals surface area contributed by atoms with Crippen molar-refractivity contribution in [2.24, 2.45) is 0 Å². The Morgan fingerprint density at radius 3 is 2.96 bits per heavy atom. The molecule has 26 heavy (non-hydrogen) atoms. The summed E-state index contributed by atoms with van der Waals surface area (Å²) in [5.41, 5.74) is 2.12. The van der Waals surface area contributed by atoms with E-state index < -0.39 is 0 Å². The maximum absolute atomic E-state index is 11.9. The molecule has 0 aliphatic carbocycles. The number of fused-ring (bicyclic) bond motifs is 1. The summed E-state index contributed by atoms with van der Waals surface area (Å²) in [4.78, 5) is 17.3. The number of carbonyl (C=O) groups is 1. The van der Waals surface area contributed by atoms with E-state index in [-0.39, 0.29) is 12.4 Å². The molecule has 0 bridgehead atoms. The Bertz CT molecular complexity index is 1080. The van der Waals surface area contributed by atoms with E-state index in [1.54, 1.807) is 19.3 Å². The Morgan fingerprint density at radius 2 is 2.19 bits per heavy atom. The summed E-state index contributed by atoms with van der Waals surface area (Å²) in [6, 6.07) is 9.34. The highest BCUT2D eigenvalue weighted by Crippen LogP contribution is 2.36. The van der Waals surface area contributed by atoms with Gasteiger partial charge in [-0.2, -0.15) is 0 Å². The van der Waals surface area contributed by atoms with Crippen LogP contribution in [-0.4, -0.2) is 17.6 Å². The highest BCUT2D eigenvalue weighted by atomic mass is 35.5. The quantitative estimate of drug-likeness (QED) is 0.418. The molecular weight excluding hydrogens is 374 g/mol. The van der Waals surface area contributed by atoms with Crippen LogP contribution in [0.25, 0.3) is 33.1 Å². The number of carbonyl (C=O) groups excluding carboxylic acids is 1. The zero-order valence-corrected chi connectivity index (χ0v) is 15.4. The van der Waals surface area contributed by atoms with Crippen LogP contribution < -0.4 is 0 Å². The lowest BCUT2D eigenvalue weighted by atomic mass is 10.1. The number of hydrogen-bond acceptors (Lipinski definition) is 6. The highest BCUT2D eigenvalue weighted by Gasteiger charge is 2.21. The predicted octanol–water partition coefficient (Wildman–Crippen LogP) is 5.58. The number of oxazole rings is 1. The second kappa shape index (κ2) is 6.97. The number of furan rings is 1. The van der Waals surface area contributed by atoms with Crippen LogP contribution in [0, 0.1) is 0 Å². The van der Waals surface area contributed by atoms with Gasteiger partial charge < -0.3 is 13.6 Å². The maximum Gasteiger partial charge on any atom is 0.312 e. The maximum atomic E-state index is 11.9. The lowest BCUT2D eigenvalue weighted by Crippen LogP contribution is -2.08. The van der Waals surface area contributed by atoms with E-state index in [0.29, 0.717) is 29.0 Å². The Morgan fingerprint density at radius 1 is 1.31 bits per heavy atom. The summed E-state index contributed by atoms with van der Waals surface area (Å²) in [6.45, 7) is 2.09. The number of benzene rings is 1. The molecule has 7 heteroatoms. The van der Waals surface area contributed by atoms with Crippen LogP contribution in [0.1, 0.15) is 12.6 Å². The van der Waals surface area contributed by atoms with Gasteiger partial charge in [-0.05, 0) is 37.3 Å². The number of thiophene rings is 1. The van der Waals surface area contributed by atoms with Crippen molar-refractivity contribution in [2.45, 2.75) is 13.3 Å². The van der Waals surface area contributed by atoms with Gasteiger partial charge in [0.2, 0.25) is 5.89 Å². The molecule has 0 spiro atoms. The van der Waals surface area contributed by atoms with Crippen molar-refractivity contribution in [2.75, 3.05) is 6.61 Å². The average molecular weight is 388 g/mol. The average Bonchev–Trinajstić information content (AvgIpc) is 3.33. The Balaban J connectivity index is 1.77. The smallest absolute Gasteiger partial charge is 0.312 e. The number of nitrogens with zero attached hydrogens (tertiary/aromatic N) is 1. The van der Waals surface area contributed by atoms with E-state index in [2.05, 4.69) is 4.98 Å². The molecule has 0 saturated carbocycles. The van der Waals surface area contributed by atoms with Crippen molar-refractivity contribution < 1.29 is 18.4 Å². The summed E-state index contributed by atoms with van der Waals surface area (Å²) in [6.07, 6.45) is 1.67. The van der Waals surface area contributed by atoms with Crippen LogP contribution in [0.5, 0.6) is 0 Å². The van der Waals surface area contributed by atoms with E-state index >= 15 is 0 Å². The summed E-state index contributed by atoms with van der Waals surface area (Å²) in [5, 5.41) is 3.38. The van der Waals surface area contributed by atoms with Crippen LogP contribution in [0.15, 0.2) is 50.8 Å². The second-order valence-corrected chi connectivity index (χ2v) is 6.93. The molecule has 0 unspecified atom stereocenters. The van der Waals surface area contributed by atoms with Gasteiger partial charge in [0.1, 0.15) is 5.58 Å². The Hall–Kier alpha value is -2.57. The van der Waals surface area contributed by atoms with E-state index in [4.69, 9.17) is 25.2 Å². The lowest BCUT2D eigenvalue weighted by molar-refractivity contribution is -0.142. The minimum absolute atomic E-state index is 0.0378. The molecule has 0 aliphatic rings. The molecule has 0 fully saturated rings. The standard InChI is InChI=1S/C19H14ClNO4S/c1-2-23-17(22)9-14-18(16-8-13(20)10-26-16)25-19(21-14)12-3-4-15-11(7-12)5-6-24-15/h3-8,10H,2,9H2,1H3. The summed E-state index contributed by atoms with van der Waals surface area (Å²) >= 11 is 7.48. The molecule has 0 atom stereocenters. The van der Waals surface area contributed by atoms with Gasteiger partial charge in [0, 0.05) is 16.3 Å². The van der Waals surface area contributed by atoms with Gasteiger partial charge in [0.25, 0.3) is 0 Å². The van der Waals surface area contributed by atoms with Crippen molar-refractivity contribution in [1.82, 2.24) is 4.98 Å². The highest BCUT2D eigenvalue weighted by molar-refractivity contribution is 7.14. The molecule has 0 saturated heterocycles. The Kier molecular flexibility index (Phi) is 4.53. The van der Waals surface area contributed by atoms with Crippen molar-refractivity contribution in [3.8, 4) is 22.1 Å². The first-order chi connectivity index (χ1) is 12.6. The number of hydrogen-bond donors (Lipinski definition) is 0. The van der Waals surface area contributed by atoms with Crippen LogP contribution in [0.2, 0.25) is 5.02 Å². The van der Waals surface area contributed by atoms with Gasteiger partial charge >= 0.3 is 5.97 Å². The van der Waals surface area contributed by atoms with E-state index in [9.17, 15) is 4.79 Å². The van der Waals surface area contributed by atoms with Gasteiger partial charge in [-0.3, -0.25) is 4.79 Å². The SMILES string of the molecule is CCOC(=O)Cc1nc(-c2ccc3occc3c2)oc1-c1cc(Cl)cs1. The van der Waals surface area contributed by atoms with Crippen molar-refractivity contribution in [3.63, 3.8) is 0 Å². The molecule has 3 heterocycles. The van der Waals surface area contributed by atoms with Crippen LogP contribution in [0.4, 0.5) is 0 Å². The zero-order valence-electron chi connectivity index (χ0n) is 13.8. The van der Waals surface area contributed by atoms with Crippen LogP contribution in [-0.2, 0) is 16.0 Å². The number of esters is 1. The molecular formula is C19H14ClNO4S. The molecule has 132 valence electrons. The number of rotatable bonds is 5. The monoisotopic (exact) mass is 387 g/mol. The van der Waals surface area contributed by atoms with Crippen molar-refractivity contribution in [1.29, 1.82) is 0 Å². The number of halogens is 1. The van der Waals surface area contributed by atoms with Gasteiger partial charge in [-0.15, -0.1) is 11.3 Å². The van der Waals surface area contributed by atoms with Gasteiger partial charge in [0.15, 0.2) is 5.76 Å². The molecule has 0 radical (unpaired) electrons. The normalized spacial score (nSPS) is 11.2. The first kappa shape index (κ1) is 16.9. The minimum Gasteiger partial charge on any atom is -0.466 e. The third kappa shape index (κ3) is 3.25. The fraction of sp³-hybridized carbons (Fsp3) is 0.158. The molecule has 1 aromatic carbocycles. The summed E-state index contributed by atoms with van der Waals surface area (Å²) < 4.78 is 16.4. The van der Waals surface area contributed by atoms with Crippen LogP contribution >= 0.6 is 22.9 Å². The van der Waals surface area contributed by atoms with Gasteiger partial charge in [-0.25, -0.2) is 4.98 Å². The minimum atomic E-state index is -0.346. The fourth-order valence-corrected chi connectivity index (χ4v) is 3.74. The van der Waals surface area contributed by atoms with Crippen LogP contribution in [0.3, 0.4) is 0 Å². The molecule has 4 rings (SSSR count). The van der Waals surface area contributed by atoms with Crippen molar-refractivity contribution in [3.05, 3.63) is 52.7 Å². The van der Waals surface area contributed by atoms with Gasteiger partial charge in [0.05, 0.1) is 34.9 Å². The largest absolute Gasteiger partial charge is 0.466 e. The molecule has 4 aromatic rings. The Labute approximate surface area is 158 Å². The third-order valence-corrected chi connectivity index (χ3v) is 5.08. The van der Waals surface area contributed by atoms with E-state index in [0.717, 1.165) is 21.4 Å². The molecule has 5 nitrogen and oxygen atoms in total. The number of ether oxygens (including phenoxy) is 1. The molecule has 0 aliphatic heterocycles.